The summed E-state index contributed by atoms with van der Waals surface area (Å²) in [6, 6.07) is 9.55. The fraction of sp³-hybridized carbons (Fsp3) is 0.111. The van der Waals surface area contributed by atoms with Crippen molar-refractivity contribution in [3.05, 3.63) is 35.9 Å². The third-order valence-electron chi connectivity index (χ3n) is 1.29. The highest BCUT2D eigenvalue weighted by atomic mass is 16.1. The van der Waals surface area contributed by atoms with Gasteiger partial charge in [0.25, 0.3) is 0 Å². The zero-order valence-corrected chi connectivity index (χ0v) is 6.60. The highest BCUT2D eigenvalue weighted by molar-refractivity contribution is 5.83. The van der Waals surface area contributed by atoms with Gasteiger partial charge in [0.1, 0.15) is 6.54 Å². The van der Waals surface area contributed by atoms with Gasteiger partial charge in [-0.25, -0.2) is 0 Å². The van der Waals surface area contributed by atoms with Crippen LogP contribution in [-0.4, -0.2) is 18.7 Å². The zero-order chi connectivity index (χ0) is 8.81. The Morgan fingerprint density at radius 3 is 2.67 bits per heavy atom. The molecule has 0 radical (unpaired) electrons. The molecule has 0 unspecified atom stereocenters. The van der Waals surface area contributed by atoms with Gasteiger partial charge in [-0.05, 0) is 5.56 Å². The van der Waals surface area contributed by atoms with Crippen molar-refractivity contribution in [2.45, 2.75) is 0 Å². The van der Waals surface area contributed by atoms with Gasteiger partial charge in [0.15, 0.2) is 0 Å². The van der Waals surface area contributed by atoms with Crippen LogP contribution in [0.1, 0.15) is 5.56 Å². The fourth-order valence-electron chi connectivity index (χ4n) is 0.780. The highest BCUT2D eigenvalue weighted by Gasteiger charge is 1.87. The standard InChI is InChI=1S/C9H10N2O/c10-9(12)7-11-6-8-4-2-1-3-5-8/h1-6H,7H2,(H2,10,12). The van der Waals surface area contributed by atoms with E-state index in [1.165, 1.54) is 0 Å². The summed E-state index contributed by atoms with van der Waals surface area (Å²) in [6.07, 6.45) is 1.63. The summed E-state index contributed by atoms with van der Waals surface area (Å²) in [7, 11) is 0. The minimum atomic E-state index is -0.415. The Morgan fingerprint density at radius 2 is 2.08 bits per heavy atom. The van der Waals surface area contributed by atoms with Crippen molar-refractivity contribution in [1.29, 1.82) is 0 Å². The van der Waals surface area contributed by atoms with E-state index >= 15 is 0 Å². The Hall–Kier alpha value is -1.64. The first-order chi connectivity index (χ1) is 5.79. The quantitative estimate of drug-likeness (QED) is 0.650. The Balaban J connectivity index is 2.52. The van der Waals surface area contributed by atoms with E-state index in [1.807, 2.05) is 30.3 Å². The molecule has 0 saturated carbocycles. The van der Waals surface area contributed by atoms with Crippen LogP contribution in [0.25, 0.3) is 0 Å². The van der Waals surface area contributed by atoms with Crippen molar-refractivity contribution in [3.8, 4) is 0 Å². The molecule has 12 heavy (non-hydrogen) atoms. The first kappa shape index (κ1) is 8.46. The number of carbonyl (C=O) groups excluding carboxylic acids is 1. The summed E-state index contributed by atoms with van der Waals surface area (Å²) in [5, 5.41) is 0. The van der Waals surface area contributed by atoms with Crippen LogP contribution in [0, 0.1) is 0 Å². The third-order valence-corrected chi connectivity index (χ3v) is 1.29. The van der Waals surface area contributed by atoms with E-state index < -0.39 is 5.91 Å². The predicted octanol–water partition coefficient (Wildman–Crippen LogP) is 0.591. The van der Waals surface area contributed by atoms with Crippen molar-refractivity contribution < 1.29 is 4.79 Å². The van der Waals surface area contributed by atoms with Crippen molar-refractivity contribution >= 4 is 12.1 Å². The minimum absolute atomic E-state index is 0.0505. The SMILES string of the molecule is NC(=O)CN=Cc1ccccc1. The van der Waals surface area contributed by atoms with Crippen LogP contribution in [0.15, 0.2) is 35.3 Å². The smallest absolute Gasteiger partial charge is 0.239 e. The van der Waals surface area contributed by atoms with E-state index in [2.05, 4.69) is 4.99 Å². The summed E-state index contributed by atoms with van der Waals surface area (Å²) in [4.78, 5) is 14.1. The summed E-state index contributed by atoms with van der Waals surface area (Å²) < 4.78 is 0. The Kier molecular flexibility index (Phi) is 3.02. The van der Waals surface area contributed by atoms with Crippen molar-refractivity contribution in [2.75, 3.05) is 6.54 Å². The number of primary amides is 1. The van der Waals surface area contributed by atoms with Gasteiger partial charge in [-0.3, -0.25) is 9.79 Å². The Morgan fingerprint density at radius 1 is 1.42 bits per heavy atom. The number of amides is 1. The molecule has 0 fully saturated rings. The van der Waals surface area contributed by atoms with Crippen LogP contribution in [0.5, 0.6) is 0 Å². The lowest BCUT2D eigenvalue weighted by Gasteiger charge is -1.89. The average Bonchev–Trinajstić information content (AvgIpc) is 2.05. The summed E-state index contributed by atoms with van der Waals surface area (Å²) in [6.45, 7) is 0.0505. The number of hydrogen-bond acceptors (Lipinski definition) is 2. The van der Waals surface area contributed by atoms with Gasteiger partial charge in [-0.15, -0.1) is 0 Å². The average molecular weight is 162 g/mol. The van der Waals surface area contributed by atoms with Gasteiger partial charge < -0.3 is 5.73 Å². The molecule has 0 aliphatic heterocycles. The van der Waals surface area contributed by atoms with Gasteiger partial charge in [0.2, 0.25) is 5.91 Å². The molecule has 0 saturated heterocycles. The van der Waals surface area contributed by atoms with Crippen LogP contribution in [0.2, 0.25) is 0 Å². The predicted molar refractivity (Wildman–Crippen MR) is 48.1 cm³/mol. The number of benzene rings is 1. The lowest BCUT2D eigenvalue weighted by molar-refractivity contribution is -0.116. The molecular formula is C9H10N2O. The second-order valence-corrected chi connectivity index (χ2v) is 2.35. The van der Waals surface area contributed by atoms with Crippen LogP contribution in [-0.2, 0) is 4.79 Å². The molecule has 0 aromatic heterocycles. The largest absolute Gasteiger partial charge is 0.368 e. The maximum absolute atomic E-state index is 10.3. The van der Waals surface area contributed by atoms with E-state index in [1.54, 1.807) is 6.21 Å². The van der Waals surface area contributed by atoms with Crippen LogP contribution in [0.3, 0.4) is 0 Å². The summed E-state index contributed by atoms with van der Waals surface area (Å²) in [5.41, 5.74) is 5.87. The van der Waals surface area contributed by atoms with Gasteiger partial charge >= 0.3 is 0 Å². The molecule has 1 rings (SSSR count). The summed E-state index contributed by atoms with van der Waals surface area (Å²) in [5.74, 6) is -0.415. The van der Waals surface area contributed by atoms with Gasteiger partial charge in [0.05, 0.1) is 0 Å². The number of nitrogens with two attached hydrogens (primary N) is 1. The molecular weight excluding hydrogens is 152 g/mol. The second kappa shape index (κ2) is 4.28. The van der Waals surface area contributed by atoms with E-state index in [9.17, 15) is 4.79 Å². The lowest BCUT2D eigenvalue weighted by atomic mass is 10.2. The normalized spacial score (nSPS) is 10.3. The van der Waals surface area contributed by atoms with Crippen molar-refractivity contribution in [3.63, 3.8) is 0 Å². The Bertz CT molecular complexity index is 280. The first-order valence-corrected chi connectivity index (χ1v) is 3.62. The molecule has 0 bridgehead atoms. The number of carbonyl (C=O) groups is 1. The number of aliphatic imine (C=N–C) groups is 1. The topological polar surface area (TPSA) is 55.5 Å². The molecule has 0 atom stereocenters. The van der Waals surface area contributed by atoms with Crippen molar-refractivity contribution in [2.24, 2.45) is 10.7 Å². The maximum atomic E-state index is 10.3. The molecule has 0 spiro atoms. The molecule has 3 nitrogen and oxygen atoms in total. The first-order valence-electron chi connectivity index (χ1n) is 3.62. The van der Waals surface area contributed by atoms with Crippen LogP contribution in [0.4, 0.5) is 0 Å². The van der Waals surface area contributed by atoms with Crippen molar-refractivity contribution in [1.82, 2.24) is 0 Å². The second-order valence-electron chi connectivity index (χ2n) is 2.35. The third kappa shape index (κ3) is 2.96. The molecule has 1 aromatic carbocycles. The van der Waals surface area contributed by atoms with Crippen LogP contribution >= 0.6 is 0 Å². The molecule has 1 amide bonds. The number of hydrogen-bond donors (Lipinski definition) is 1. The minimum Gasteiger partial charge on any atom is -0.368 e. The van der Waals surface area contributed by atoms with E-state index in [0.29, 0.717) is 0 Å². The molecule has 0 aliphatic carbocycles. The molecule has 2 N–H and O–H groups in total. The number of nitrogens with zero attached hydrogens (tertiary/aromatic N) is 1. The zero-order valence-electron chi connectivity index (χ0n) is 6.60. The lowest BCUT2D eigenvalue weighted by Crippen LogP contribution is -2.13. The number of rotatable bonds is 3. The van der Waals surface area contributed by atoms with E-state index in [4.69, 9.17) is 5.73 Å². The molecule has 3 heteroatoms. The fourth-order valence-corrected chi connectivity index (χ4v) is 0.780. The molecule has 0 heterocycles. The maximum Gasteiger partial charge on any atom is 0.239 e. The molecule has 0 aliphatic rings. The molecule has 62 valence electrons. The monoisotopic (exact) mass is 162 g/mol. The van der Waals surface area contributed by atoms with E-state index in [0.717, 1.165) is 5.56 Å². The summed E-state index contributed by atoms with van der Waals surface area (Å²) >= 11 is 0. The van der Waals surface area contributed by atoms with Gasteiger partial charge in [0, 0.05) is 6.21 Å². The van der Waals surface area contributed by atoms with Gasteiger partial charge in [-0.2, -0.15) is 0 Å². The van der Waals surface area contributed by atoms with Gasteiger partial charge in [-0.1, -0.05) is 30.3 Å². The Labute approximate surface area is 70.9 Å². The van der Waals surface area contributed by atoms with E-state index in [-0.39, 0.29) is 6.54 Å². The molecule has 1 aromatic rings. The van der Waals surface area contributed by atoms with Crippen LogP contribution < -0.4 is 5.73 Å². The highest BCUT2D eigenvalue weighted by Crippen LogP contribution is 1.93.